The number of pyridine rings is 1. The van der Waals surface area contributed by atoms with Gasteiger partial charge in [0.2, 0.25) is 0 Å². The van der Waals surface area contributed by atoms with Gasteiger partial charge in [0.25, 0.3) is 0 Å². The molecule has 142 valence electrons. The van der Waals surface area contributed by atoms with Crippen LogP contribution in [0.15, 0.2) is 36.3 Å². The van der Waals surface area contributed by atoms with Gasteiger partial charge in [-0.1, -0.05) is 13.8 Å². The standard InChI is InChI=1S/C21H33N5/c1-4-11-26(18-9-10-23-20(15-18)22-3)21-17(5-2)14-19(16-24-21)25-12-7-6-8-13-25/h9-10,14-16,20,22-23H,4-8,11-13H2,1-3H3. The minimum Gasteiger partial charge on any atom is -0.372 e. The quantitative estimate of drug-likeness (QED) is 0.785. The molecule has 3 rings (SSSR count). The lowest BCUT2D eigenvalue weighted by Crippen LogP contribution is -2.39. The van der Waals surface area contributed by atoms with Gasteiger partial charge >= 0.3 is 0 Å². The van der Waals surface area contributed by atoms with Crippen molar-refractivity contribution >= 4 is 11.5 Å². The SMILES string of the molecule is CCCN(C1=CC(NC)NC=C1)c1ncc(N2CCCCC2)cc1CC. The number of nitrogens with zero attached hydrogens (tertiary/aromatic N) is 3. The second kappa shape index (κ2) is 9.08. The maximum absolute atomic E-state index is 4.94. The molecule has 2 aliphatic rings. The lowest BCUT2D eigenvalue weighted by Gasteiger charge is -2.32. The summed E-state index contributed by atoms with van der Waals surface area (Å²) in [6, 6.07) is 2.36. The lowest BCUT2D eigenvalue weighted by atomic mass is 10.1. The predicted molar refractivity (Wildman–Crippen MR) is 111 cm³/mol. The summed E-state index contributed by atoms with van der Waals surface area (Å²) in [4.78, 5) is 9.79. The fourth-order valence-electron chi connectivity index (χ4n) is 3.76. The Kier molecular flexibility index (Phi) is 6.56. The zero-order valence-corrected chi connectivity index (χ0v) is 16.5. The Morgan fingerprint density at radius 1 is 1.27 bits per heavy atom. The Hall–Kier alpha value is -2.01. The number of aromatic nitrogens is 1. The first kappa shape index (κ1) is 18.8. The lowest BCUT2D eigenvalue weighted by molar-refractivity contribution is 0.577. The van der Waals surface area contributed by atoms with E-state index in [4.69, 9.17) is 4.98 Å². The highest BCUT2D eigenvalue weighted by atomic mass is 15.2. The van der Waals surface area contributed by atoms with Crippen LogP contribution in [0.3, 0.4) is 0 Å². The number of hydrogen-bond donors (Lipinski definition) is 2. The van der Waals surface area contributed by atoms with Crippen molar-refractivity contribution in [2.75, 3.05) is 36.5 Å². The molecule has 0 aliphatic carbocycles. The van der Waals surface area contributed by atoms with Gasteiger partial charge in [-0.15, -0.1) is 0 Å². The molecule has 1 fully saturated rings. The third-order valence-corrected chi connectivity index (χ3v) is 5.22. The van der Waals surface area contributed by atoms with E-state index in [-0.39, 0.29) is 6.17 Å². The Morgan fingerprint density at radius 3 is 2.77 bits per heavy atom. The number of allylic oxidation sites excluding steroid dienone is 1. The van der Waals surface area contributed by atoms with Crippen LogP contribution in [-0.2, 0) is 6.42 Å². The average Bonchev–Trinajstić information content (AvgIpc) is 2.72. The Morgan fingerprint density at radius 2 is 2.08 bits per heavy atom. The van der Waals surface area contributed by atoms with Crippen LogP contribution in [0.5, 0.6) is 0 Å². The largest absolute Gasteiger partial charge is 0.372 e. The first-order valence-corrected chi connectivity index (χ1v) is 10.1. The maximum atomic E-state index is 4.94. The van der Waals surface area contributed by atoms with Crippen LogP contribution in [0.4, 0.5) is 11.5 Å². The summed E-state index contributed by atoms with van der Waals surface area (Å²) in [5.41, 5.74) is 3.82. The topological polar surface area (TPSA) is 43.4 Å². The Labute approximate surface area is 158 Å². The van der Waals surface area contributed by atoms with E-state index in [0.29, 0.717) is 0 Å². The maximum Gasteiger partial charge on any atom is 0.136 e. The van der Waals surface area contributed by atoms with Crippen LogP contribution < -0.4 is 20.4 Å². The fraction of sp³-hybridized carbons (Fsp3) is 0.571. The highest BCUT2D eigenvalue weighted by Gasteiger charge is 2.19. The smallest absolute Gasteiger partial charge is 0.136 e. The molecule has 5 heteroatoms. The summed E-state index contributed by atoms with van der Waals surface area (Å²) in [5, 5.41) is 6.58. The van der Waals surface area contributed by atoms with Crippen LogP contribution in [0.2, 0.25) is 0 Å². The molecule has 1 atom stereocenters. The van der Waals surface area contributed by atoms with Crippen LogP contribution in [0, 0.1) is 0 Å². The van der Waals surface area contributed by atoms with Crippen molar-refractivity contribution < 1.29 is 0 Å². The van der Waals surface area contributed by atoms with Gasteiger partial charge in [-0.25, -0.2) is 4.98 Å². The van der Waals surface area contributed by atoms with Crippen LogP contribution in [0.1, 0.15) is 45.1 Å². The number of likely N-dealkylation sites (N-methyl/N-ethyl adjacent to an activating group) is 1. The molecule has 1 saturated heterocycles. The normalized spacial score (nSPS) is 19.9. The van der Waals surface area contributed by atoms with E-state index in [1.54, 1.807) is 0 Å². The van der Waals surface area contributed by atoms with E-state index in [0.717, 1.165) is 38.3 Å². The van der Waals surface area contributed by atoms with E-state index < -0.39 is 0 Å². The van der Waals surface area contributed by atoms with Gasteiger partial charge in [0.1, 0.15) is 5.82 Å². The van der Waals surface area contributed by atoms with Crippen LogP contribution in [0.25, 0.3) is 0 Å². The molecule has 2 N–H and O–H groups in total. The molecule has 1 aromatic heterocycles. The van der Waals surface area contributed by atoms with Crippen molar-refractivity contribution in [2.45, 2.75) is 52.1 Å². The average molecular weight is 356 g/mol. The number of piperidine rings is 1. The predicted octanol–water partition coefficient (Wildman–Crippen LogP) is 3.40. The van der Waals surface area contributed by atoms with Crippen molar-refractivity contribution in [3.05, 3.63) is 41.9 Å². The molecular formula is C21H33N5. The van der Waals surface area contributed by atoms with Gasteiger partial charge in [0, 0.05) is 25.3 Å². The molecule has 1 aromatic rings. The van der Waals surface area contributed by atoms with E-state index >= 15 is 0 Å². The van der Waals surface area contributed by atoms with Crippen molar-refractivity contribution in [1.82, 2.24) is 15.6 Å². The summed E-state index contributed by atoms with van der Waals surface area (Å²) in [6.07, 6.45) is 14.6. The van der Waals surface area contributed by atoms with Gasteiger partial charge in [0.15, 0.2) is 0 Å². The minimum absolute atomic E-state index is 0.159. The summed E-state index contributed by atoms with van der Waals surface area (Å²) >= 11 is 0. The van der Waals surface area contributed by atoms with E-state index in [1.807, 2.05) is 13.2 Å². The Balaban J connectivity index is 1.91. The monoisotopic (exact) mass is 355 g/mol. The molecule has 0 radical (unpaired) electrons. The molecule has 26 heavy (non-hydrogen) atoms. The number of dihydropyridines is 1. The number of hydrogen-bond acceptors (Lipinski definition) is 5. The molecule has 0 saturated carbocycles. The molecule has 0 aromatic carbocycles. The number of anilines is 2. The zero-order chi connectivity index (χ0) is 18.4. The second-order valence-corrected chi connectivity index (χ2v) is 7.09. The number of rotatable bonds is 7. The second-order valence-electron chi connectivity index (χ2n) is 7.09. The van der Waals surface area contributed by atoms with E-state index in [2.05, 4.69) is 58.7 Å². The van der Waals surface area contributed by atoms with E-state index in [9.17, 15) is 0 Å². The molecule has 0 bridgehead atoms. The first-order valence-electron chi connectivity index (χ1n) is 10.1. The molecule has 3 heterocycles. The van der Waals surface area contributed by atoms with E-state index in [1.165, 1.54) is 36.2 Å². The van der Waals surface area contributed by atoms with Crippen LogP contribution >= 0.6 is 0 Å². The third-order valence-electron chi connectivity index (χ3n) is 5.22. The zero-order valence-electron chi connectivity index (χ0n) is 16.5. The summed E-state index contributed by atoms with van der Waals surface area (Å²) < 4.78 is 0. The van der Waals surface area contributed by atoms with Gasteiger partial charge in [-0.3, -0.25) is 5.32 Å². The summed E-state index contributed by atoms with van der Waals surface area (Å²) in [5.74, 6) is 1.10. The van der Waals surface area contributed by atoms with Crippen molar-refractivity contribution in [1.29, 1.82) is 0 Å². The molecule has 0 amide bonds. The van der Waals surface area contributed by atoms with Crippen LogP contribution in [-0.4, -0.2) is 37.8 Å². The number of aryl methyl sites for hydroxylation is 1. The van der Waals surface area contributed by atoms with Crippen molar-refractivity contribution in [3.63, 3.8) is 0 Å². The highest BCUT2D eigenvalue weighted by molar-refractivity contribution is 5.60. The number of nitrogens with one attached hydrogen (secondary N) is 2. The van der Waals surface area contributed by atoms with Gasteiger partial charge in [-0.05, 0) is 69.1 Å². The van der Waals surface area contributed by atoms with Gasteiger partial charge in [-0.2, -0.15) is 0 Å². The molecule has 1 unspecified atom stereocenters. The third kappa shape index (κ3) is 4.21. The molecular weight excluding hydrogens is 322 g/mol. The van der Waals surface area contributed by atoms with Crippen molar-refractivity contribution in [2.24, 2.45) is 0 Å². The molecule has 0 spiro atoms. The highest BCUT2D eigenvalue weighted by Crippen LogP contribution is 2.29. The molecule has 2 aliphatic heterocycles. The van der Waals surface area contributed by atoms with Crippen molar-refractivity contribution in [3.8, 4) is 0 Å². The minimum atomic E-state index is 0.159. The fourth-order valence-corrected chi connectivity index (χ4v) is 3.76. The Bertz CT molecular complexity index is 646. The van der Waals surface area contributed by atoms with Gasteiger partial charge in [0.05, 0.1) is 18.1 Å². The van der Waals surface area contributed by atoms with Gasteiger partial charge < -0.3 is 15.1 Å². The summed E-state index contributed by atoms with van der Waals surface area (Å²) in [7, 11) is 1.97. The first-order chi connectivity index (χ1) is 12.8. The molecule has 5 nitrogen and oxygen atoms in total. The summed E-state index contributed by atoms with van der Waals surface area (Å²) in [6.45, 7) is 7.74.